The van der Waals surface area contributed by atoms with Gasteiger partial charge in [-0.05, 0) is 31.5 Å². The number of nitrogens with zero attached hydrogens (tertiary/aromatic N) is 1. The molecule has 0 aliphatic rings. The molecule has 4 heteroatoms. The zero-order valence-corrected chi connectivity index (χ0v) is 8.71. The van der Waals surface area contributed by atoms with E-state index in [0.717, 1.165) is 5.56 Å². The normalized spacial score (nSPS) is 10.6. The van der Waals surface area contributed by atoms with Crippen molar-refractivity contribution in [3.8, 4) is 0 Å². The fourth-order valence-corrected chi connectivity index (χ4v) is 1.91. The molecule has 0 heterocycles. The quantitative estimate of drug-likeness (QED) is 0.709. The average Bonchev–Trinajstić information content (AvgIpc) is 2.16. The summed E-state index contributed by atoms with van der Waals surface area (Å²) >= 11 is 0. The Kier molecular flexibility index (Phi) is 3.23. The zero-order valence-electron chi connectivity index (χ0n) is 7.90. The topological polar surface area (TPSA) is 46.5 Å². The van der Waals surface area contributed by atoms with Crippen LogP contribution in [0.5, 0.6) is 0 Å². The summed E-state index contributed by atoms with van der Waals surface area (Å²) in [5.41, 5.74) is 1.02. The maximum atomic E-state index is 11.5. The molecule has 0 saturated carbocycles. The highest BCUT2D eigenvalue weighted by molar-refractivity contribution is 7.91. The zero-order chi connectivity index (χ0) is 10.6. The number of hydrogen-bond donors (Lipinski definition) is 0. The molecule has 0 radical (unpaired) electrons. The lowest BCUT2D eigenvalue weighted by Crippen LogP contribution is -2.04. The van der Waals surface area contributed by atoms with E-state index < -0.39 is 9.84 Å². The third kappa shape index (κ3) is 2.55. The van der Waals surface area contributed by atoms with Crippen molar-refractivity contribution in [1.29, 1.82) is 0 Å². The molecule has 0 amide bonds. The van der Waals surface area contributed by atoms with Gasteiger partial charge in [0.25, 0.3) is 0 Å². The van der Waals surface area contributed by atoms with E-state index in [9.17, 15) is 8.42 Å². The van der Waals surface area contributed by atoms with Crippen molar-refractivity contribution in [3.05, 3.63) is 36.4 Å². The molecule has 74 valence electrons. The van der Waals surface area contributed by atoms with Crippen molar-refractivity contribution < 1.29 is 8.42 Å². The van der Waals surface area contributed by atoms with Crippen LogP contribution >= 0.6 is 0 Å². The largest absolute Gasteiger partial charge is 0.227 e. The molecule has 14 heavy (non-hydrogen) atoms. The van der Waals surface area contributed by atoms with Crippen LogP contribution in [0.2, 0.25) is 0 Å². The monoisotopic (exact) mass is 209 g/mol. The fraction of sp³-hybridized carbons (Fsp3) is 0.200. The molecule has 0 aliphatic carbocycles. The minimum Gasteiger partial charge on any atom is -0.227 e. The summed E-state index contributed by atoms with van der Waals surface area (Å²) in [6.45, 7) is 5.12. The lowest BCUT2D eigenvalue weighted by atomic mass is 10.2. The van der Waals surface area contributed by atoms with Gasteiger partial charge in [-0.2, -0.15) is 0 Å². The van der Waals surface area contributed by atoms with Gasteiger partial charge >= 0.3 is 0 Å². The molecular formula is C10H11NO2S. The summed E-state index contributed by atoms with van der Waals surface area (Å²) in [6.07, 6.45) is 0. The van der Waals surface area contributed by atoms with Gasteiger partial charge in [0.2, 0.25) is 0 Å². The van der Waals surface area contributed by atoms with Gasteiger partial charge in [0.15, 0.2) is 15.7 Å². The molecule has 0 aromatic heterocycles. The van der Waals surface area contributed by atoms with Crippen molar-refractivity contribution in [2.75, 3.05) is 5.88 Å². The highest BCUT2D eigenvalue weighted by Gasteiger charge is 2.12. The summed E-state index contributed by atoms with van der Waals surface area (Å²) in [4.78, 5) is 3.77. The maximum Gasteiger partial charge on any atom is 0.199 e. The lowest BCUT2D eigenvalue weighted by molar-refractivity contribution is 0.596. The Morgan fingerprint density at radius 3 is 2.43 bits per heavy atom. The van der Waals surface area contributed by atoms with Crippen LogP contribution in [0.4, 0.5) is 0 Å². The Bertz CT molecular complexity index is 453. The van der Waals surface area contributed by atoms with Crippen LogP contribution in [-0.4, -0.2) is 20.2 Å². The first-order chi connectivity index (χ1) is 6.56. The van der Waals surface area contributed by atoms with E-state index in [1.807, 2.05) is 6.92 Å². The minimum atomic E-state index is -3.31. The third-order valence-corrected chi connectivity index (χ3v) is 3.19. The smallest absolute Gasteiger partial charge is 0.199 e. The first kappa shape index (κ1) is 10.7. The van der Waals surface area contributed by atoms with E-state index in [1.165, 1.54) is 0 Å². The van der Waals surface area contributed by atoms with Gasteiger partial charge in [0.1, 0.15) is 0 Å². The number of aryl methyl sites for hydroxylation is 1. The molecule has 0 aliphatic heterocycles. The van der Waals surface area contributed by atoms with Crippen molar-refractivity contribution in [2.45, 2.75) is 11.8 Å². The molecule has 0 atom stereocenters. The summed E-state index contributed by atoms with van der Waals surface area (Å²) in [5, 5.41) is 0. The Morgan fingerprint density at radius 2 is 1.93 bits per heavy atom. The van der Waals surface area contributed by atoms with Gasteiger partial charge in [-0.3, -0.25) is 0 Å². The van der Waals surface area contributed by atoms with Crippen LogP contribution in [0.1, 0.15) is 5.56 Å². The summed E-state index contributed by atoms with van der Waals surface area (Å²) in [6, 6.07) is 6.65. The highest BCUT2D eigenvalue weighted by atomic mass is 32.2. The SMILES string of the molecule is C=C=NCS(=O)(=O)c1ccc(C)cc1. The Labute approximate surface area is 83.7 Å². The standard InChI is InChI=1S/C10H11NO2S/c1-3-11-8-14(12,13)10-6-4-9(2)5-7-10/h4-7H,1,8H2,2H3. The lowest BCUT2D eigenvalue weighted by Gasteiger charge is -2.00. The van der Waals surface area contributed by atoms with Crippen molar-refractivity contribution >= 4 is 15.7 Å². The molecule has 3 nitrogen and oxygen atoms in total. The van der Waals surface area contributed by atoms with E-state index in [0.29, 0.717) is 0 Å². The number of sulfone groups is 1. The van der Waals surface area contributed by atoms with E-state index in [1.54, 1.807) is 24.3 Å². The molecule has 0 saturated heterocycles. The fourth-order valence-electron chi connectivity index (χ4n) is 0.951. The number of rotatable bonds is 3. The molecule has 0 bridgehead atoms. The third-order valence-electron chi connectivity index (χ3n) is 1.73. The number of hydrogen-bond acceptors (Lipinski definition) is 3. The highest BCUT2D eigenvalue weighted by Crippen LogP contribution is 2.11. The van der Waals surface area contributed by atoms with Crippen LogP contribution in [-0.2, 0) is 9.84 Å². The molecule has 0 fully saturated rings. The minimum absolute atomic E-state index is 0.280. The van der Waals surface area contributed by atoms with Gasteiger partial charge in [-0.1, -0.05) is 17.7 Å². The molecule has 1 rings (SSSR count). The van der Waals surface area contributed by atoms with Crippen LogP contribution in [0.25, 0.3) is 0 Å². The maximum absolute atomic E-state index is 11.5. The molecule has 1 aromatic carbocycles. The van der Waals surface area contributed by atoms with Crippen LogP contribution in [0, 0.1) is 6.92 Å². The van der Waals surface area contributed by atoms with Crippen LogP contribution in [0.15, 0.2) is 40.7 Å². The second-order valence-corrected chi connectivity index (χ2v) is 4.83. The number of benzene rings is 1. The van der Waals surface area contributed by atoms with Gasteiger partial charge in [-0.15, -0.1) is 0 Å². The first-order valence-electron chi connectivity index (χ1n) is 4.04. The van der Waals surface area contributed by atoms with Gasteiger partial charge in [0.05, 0.1) is 4.90 Å². The van der Waals surface area contributed by atoms with Crippen LogP contribution in [0.3, 0.4) is 0 Å². The molecule has 0 unspecified atom stereocenters. The van der Waals surface area contributed by atoms with Crippen molar-refractivity contribution in [1.82, 2.24) is 0 Å². The van der Waals surface area contributed by atoms with Crippen LogP contribution < -0.4 is 0 Å². The first-order valence-corrected chi connectivity index (χ1v) is 5.69. The Balaban J connectivity index is 3.04. The van der Waals surface area contributed by atoms with Gasteiger partial charge < -0.3 is 0 Å². The van der Waals surface area contributed by atoms with Crippen molar-refractivity contribution in [3.63, 3.8) is 0 Å². The Morgan fingerprint density at radius 1 is 1.36 bits per heavy atom. The molecule has 0 N–H and O–H groups in total. The predicted molar refractivity (Wildman–Crippen MR) is 56.3 cm³/mol. The van der Waals surface area contributed by atoms with E-state index in [4.69, 9.17) is 0 Å². The average molecular weight is 209 g/mol. The predicted octanol–water partition coefficient (Wildman–Crippen LogP) is 1.58. The van der Waals surface area contributed by atoms with E-state index in [-0.39, 0.29) is 10.8 Å². The van der Waals surface area contributed by atoms with E-state index >= 15 is 0 Å². The second kappa shape index (κ2) is 4.22. The molecular weight excluding hydrogens is 198 g/mol. The van der Waals surface area contributed by atoms with Gasteiger partial charge in [-0.25, -0.2) is 13.4 Å². The summed E-state index contributed by atoms with van der Waals surface area (Å²) in [5.74, 6) is 1.91. The van der Waals surface area contributed by atoms with Crippen molar-refractivity contribution in [2.24, 2.45) is 4.99 Å². The summed E-state index contributed by atoms with van der Waals surface area (Å²) in [7, 11) is -3.31. The molecule has 1 aromatic rings. The summed E-state index contributed by atoms with van der Waals surface area (Å²) < 4.78 is 23.1. The van der Waals surface area contributed by atoms with Gasteiger partial charge in [0, 0.05) is 0 Å². The number of aliphatic imine (C=N–C) groups is 1. The second-order valence-electron chi connectivity index (χ2n) is 2.87. The Hall–Kier alpha value is -1.38. The van der Waals surface area contributed by atoms with E-state index in [2.05, 4.69) is 17.4 Å². The molecule has 0 spiro atoms.